The quantitative estimate of drug-likeness (QED) is 0.467. The number of carbonyl (C=O) groups excluding carboxylic acids is 1. The lowest BCUT2D eigenvalue weighted by molar-refractivity contribution is -0.144. The Bertz CT molecular complexity index is 379. The van der Waals surface area contributed by atoms with E-state index in [4.69, 9.17) is 4.74 Å². The van der Waals surface area contributed by atoms with Gasteiger partial charge in [-0.15, -0.1) is 16.8 Å². The third-order valence-corrected chi connectivity index (χ3v) is 3.47. The minimum Gasteiger partial charge on any atom is -0.462 e. The summed E-state index contributed by atoms with van der Waals surface area (Å²) in [6.07, 6.45) is 1.66. The fourth-order valence-corrected chi connectivity index (χ4v) is 2.46. The van der Waals surface area contributed by atoms with Gasteiger partial charge in [-0.1, -0.05) is 29.2 Å². The molecule has 0 saturated heterocycles. The Morgan fingerprint density at radius 1 is 1.65 bits per heavy atom. The number of rotatable bonds is 7. The summed E-state index contributed by atoms with van der Waals surface area (Å²) in [5.74, 6) is 0.0228. The summed E-state index contributed by atoms with van der Waals surface area (Å²) in [5.41, 5.74) is 0. The molecular formula is C10H15N3O2S2. The molecule has 1 heterocycles. The normalized spacial score (nSPS) is 10.3. The second-order valence-corrected chi connectivity index (χ2v) is 5.57. The maximum Gasteiger partial charge on any atom is 0.316 e. The molecule has 7 heteroatoms. The van der Waals surface area contributed by atoms with Gasteiger partial charge in [0, 0.05) is 6.54 Å². The van der Waals surface area contributed by atoms with Crippen LogP contribution in [0.15, 0.2) is 17.0 Å². The van der Waals surface area contributed by atoms with E-state index >= 15 is 0 Å². The number of nitrogens with one attached hydrogen (secondary N) is 1. The van der Waals surface area contributed by atoms with E-state index in [1.165, 1.54) is 23.1 Å². The van der Waals surface area contributed by atoms with Gasteiger partial charge in [0.25, 0.3) is 0 Å². The summed E-state index contributed by atoms with van der Waals surface area (Å²) in [7, 11) is 0. The molecule has 0 saturated carbocycles. The molecule has 0 amide bonds. The van der Waals surface area contributed by atoms with Crippen LogP contribution in [0, 0.1) is 0 Å². The monoisotopic (exact) mass is 273 g/mol. The highest BCUT2D eigenvalue weighted by Gasteiger charge is 2.09. The fourth-order valence-electron chi connectivity index (χ4n) is 0.917. The van der Waals surface area contributed by atoms with Crippen molar-refractivity contribution in [2.45, 2.75) is 24.3 Å². The summed E-state index contributed by atoms with van der Waals surface area (Å²) in [6.45, 7) is 7.89. The van der Waals surface area contributed by atoms with Crippen LogP contribution in [-0.4, -0.2) is 34.6 Å². The van der Waals surface area contributed by atoms with Crippen LogP contribution in [0.5, 0.6) is 0 Å². The zero-order valence-electron chi connectivity index (χ0n) is 9.80. The minimum absolute atomic E-state index is 0.0812. The van der Waals surface area contributed by atoms with Gasteiger partial charge < -0.3 is 10.1 Å². The van der Waals surface area contributed by atoms with E-state index in [9.17, 15) is 4.79 Å². The molecule has 17 heavy (non-hydrogen) atoms. The second-order valence-electron chi connectivity index (χ2n) is 3.37. The van der Waals surface area contributed by atoms with Gasteiger partial charge in [-0.05, 0) is 13.8 Å². The minimum atomic E-state index is -0.235. The fraction of sp³-hybridized carbons (Fsp3) is 0.500. The van der Waals surface area contributed by atoms with Gasteiger partial charge in [0.1, 0.15) is 0 Å². The number of hydrogen-bond donors (Lipinski definition) is 1. The number of thioether (sulfide) groups is 1. The van der Waals surface area contributed by atoms with Crippen LogP contribution in [0.1, 0.15) is 13.8 Å². The van der Waals surface area contributed by atoms with Gasteiger partial charge in [-0.2, -0.15) is 0 Å². The molecule has 0 radical (unpaired) electrons. The van der Waals surface area contributed by atoms with E-state index < -0.39 is 0 Å². The Kier molecular flexibility index (Phi) is 5.99. The van der Waals surface area contributed by atoms with Gasteiger partial charge in [-0.3, -0.25) is 4.79 Å². The lowest BCUT2D eigenvalue weighted by Gasteiger charge is -2.05. The molecular weight excluding hydrogens is 258 g/mol. The number of carbonyl (C=O) groups is 1. The smallest absolute Gasteiger partial charge is 0.316 e. The Morgan fingerprint density at radius 2 is 2.41 bits per heavy atom. The molecule has 5 nitrogen and oxygen atoms in total. The van der Waals surface area contributed by atoms with Crippen molar-refractivity contribution >= 4 is 34.2 Å². The summed E-state index contributed by atoms with van der Waals surface area (Å²) >= 11 is 2.74. The average Bonchev–Trinajstić information content (AvgIpc) is 2.70. The first-order chi connectivity index (χ1) is 8.11. The van der Waals surface area contributed by atoms with E-state index in [2.05, 4.69) is 22.1 Å². The first kappa shape index (κ1) is 14.0. The van der Waals surface area contributed by atoms with Gasteiger partial charge in [0.15, 0.2) is 4.34 Å². The lowest BCUT2D eigenvalue weighted by Crippen LogP contribution is -2.13. The second kappa shape index (κ2) is 7.29. The molecule has 1 aromatic heterocycles. The molecule has 0 fully saturated rings. The van der Waals surface area contributed by atoms with Crippen molar-refractivity contribution in [1.29, 1.82) is 0 Å². The average molecular weight is 273 g/mol. The summed E-state index contributed by atoms with van der Waals surface area (Å²) < 4.78 is 5.76. The highest BCUT2D eigenvalue weighted by atomic mass is 32.2. The Hall–Kier alpha value is -1.08. The largest absolute Gasteiger partial charge is 0.462 e. The van der Waals surface area contributed by atoms with Crippen LogP contribution in [0.4, 0.5) is 5.13 Å². The number of esters is 1. The lowest BCUT2D eigenvalue weighted by atomic mass is 10.5. The molecule has 0 aliphatic carbocycles. The van der Waals surface area contributed by atoms with Crippen LogP contribution in [0.3, 0.4) is 0 Å². The highest BCUT2D eigenvalue weighted by Crippen LogP contribution is 2.25. The van der Waals surface area contributed by atoms with Crippen molar-refractivity contribution in [3.05, 3.63) is 12.7 Å². The molecule has 0 aliphatic heterocycles. The molecule has 1 N–H and O–H groups in total. The Labute approximate surface area is 109 Å². The first-order valence-electron chi connectivity index (χ1n) is 5.12. The van der Waals surface area contributed by atoms with E-state index in [-0.39, 0.29) is 17.8 Å². The van der Waals surface area contributed by atoms with Crippen molar-refractivity contribution in [3.8, 4) is 0 Å². The molecule has 1 aromatic rings. The molecule has 0 bridgehead atoms. The predicted molar refractivity (Wildman–Crippen MR) is 70.5 cm³/mol. The molecule has 0 unspecified atom stereocenters. The maximum atomic E-state index is 11.3. The summed E-state index contributed by atoms with van der Waals surface area (Å²) in [4.78, 5) is 11.3. The van der Waals surface area contributed by atoms with Gasteiger partial charge in [-0.25, -0.2) is 0 Å². The Morgan fingerprint density at radius 3 is 3.06 bits per heavy atom. The summed E-state index contributed by atoms with van der Waals surface area (Å²) in [6, 6.07) is 0. The Balaban J connectivity index is 2.34. The van der Waals surface area contributed by atoms with Gasteiger partial charge in [0.05, 0.1) is 11.9 Å². The SMILES string of the molecule is C=CCNc1nnc(SCC(=O)OC(C)C)s1. The number of ether oxygens (including phenoxy) is 1. The van der Waals surface area contributed by atoms with Gasteiger partial charge >= 0.3 is 5.97 Å². The number of hydrogen-bond acceptors (Lipinski definition) is 7. The van der Waals surface area contributed by atoms with Gasteiger partial charge in [0.2, 0.25) is 5.13 Å². The third kappa shape index (κ3) is 5.69. The predicted octanol–water partition coefficient (Wildman–Crippen LogP) is 2.18. The van der Waals surface area contributed by atoms with Crippen molar-refractivity contribution in [2.75, 3.05) is 17.6 Å². The maximum absolute atomic E-state index is 11.3. The van der Waals surface area contributed by atoms with Crippen molar-refractivity contribution < 1.29 is 9.53 Å². The first-order valence-corrected chi connectivity index (χ1v) is 6.92. The van der Waals surface area contributed by atoms with Crippen molar-refractivity contribution in [3.63, 3.8) is 0 Å². The van der Waals surface area contributed by atoms with E-state index in [1.54, 1.807) is 6.08 Å². The van der Waals surface area contributed by atoms with Crippen LogP contribution >= 0.6 is 23.1 Å². The topological polar surface area (TPSA) is 64.1 Å². The molecule has 0 aliphatic rings. The molecule has 0 spiro atoms. The van der Waals surface area contributed by atoms with Crippen molar-refractivity contribution in [1.82, 2.24) is 10.2 Å². The zero-order valence-corrected chi connectivity index (χ0v) is 11.4. The standard InChI is InChI=1S/C10H15N3O2S2/c1-4-5-11-9-12-13-10(17-9)16-6-8(14)15-7(2)3/h4,7H,1,5-6H2,2-3H3,(H,11,12). The van der Waals surface area contributed by atoms with E-state index in [0.717, 1.165) is 9.47 Å². The molecule has 94 valence electrons. The van der Waals surface area contributed by atoms with Crippen molar-refractivity contribution in [2.24, 2.45) is 0 Å². The number of nitrogens with zero attached hydrogens (tertiary/aromatic N) is 2. The van der Waals surface area contributed by atoms with Crippen LogP contribution in [0.25, 0.3) is 0 Å². The third-order valence-electron chi connectivity index (χ3n) is 1.48. The summed E-state index contributed by atoms with van der Waals surface area (Å²) in [5, 5.41) is 11.6. The van der Waals surface area contributed by atoms with E-state index in [1.807, 2.05) is 13.8 Å². The van der Waals surface area contributed by atoms with E-state index in [0.29, 0.717) is 6.54 Å². The zero-order chi connectivity index (χ0) is 12.7. The van der Waals surface area contributed by atoms with Crippen LogP contribution < -0.4 is 5.32 Å². The molecule has 0 atom stereocenters. The van der Waals surface area contributed by atoms with Crippen LogP contribution in [-0.2, 0) is 9.53 Å². The number of aromatic nitrogens is 2. The van der Waals surface area contributed by atoms with Crippen LogP contribution in [0.2, 0.25) is 0 Å². The molecule has 1 rings (SSSR count). The number of anilines is 1. The molecule has 0 aromatic carbocycles. The highest BCUT2D eigenvalue weighted by molar-refractivity contribution is 8.01.